The van der Waals surface area contributed by atoms with Crippen LogP contribution in [0.25, 0.3) is 11.0 Å². The van der Waals surface area contributed by atoms with Gasteiger partial charge < -0.3 is 5.32 Å². The van der Waals surface area contributed by atoms with Gasteiger partial charge in [-0.1, -0.05) is 23.7 Å². The Labute approximate surface area is 130 Å². The highest BCUT2D eigenvalue weighted by molar-refractivity contribution is 9.10. The third-order valence-electron chi connectivity index (χ3n) is 2.89. The lowest BCUT2D eigenvalue weighted by atomic mass is 10.3. The van der Waals surface area contributed by atoms with Gasteiger partial charge in [0.1, 0.15) is 0 Å². The molecule has 3 aromatic rings. The molecule has 0 aliphatic rings. The molecule has 0 spiro atoms. The molecular weight excluding hydrogens is 338 g/mol. The molecule has 0 saturated carbocycles. The minimum absolute atomic E-state index is 0.609. The zero-order chi connectivity index (χ0) is 13.9. The van der Waals surface area contributed by atoms with Crippen LogP contribution < -0.4 is 5.32 Å². The molecule has 0 unspecified atom stereocenters. The van der Waals surface area contributed by atoms with Crippen LogP contribution in [0.3, 0.4) is 0 Å². The highest BCUT2D eigenvalue weighted by Gasteiger charge is 2.02. The third kappa shape index (κ3) is 2.92. The molecule has 2 aromatic carbocycles. The monoisotopic (exact) mass is 347 g/mol. The lowest BCUT2D eigenvalue weighted by Crippen LogP contribution is -2.03. The molecule has 0 bridgehead atoms. The Hall–Kier alpha value is -1.65. The Morgan fingerprint density at radius 1 is 1.10 bits per heavy atom. The minimum atomic E-state index is 0.609. The molecule has 0 fully saturated rings. The number of fused-ring (bicyclic) bond motifs is 1. The van der Waals surface area contributed by atoms with Crippen molar-refractivity contribution in [1.29, 1.82) is 0 Å². The van der Waals surface area contributed by atoms with Crippen molar-refractivity contribution in [3.8, 4) is 0 Å². The molecular formula is C15H11BrClN3. The number of anilines is 1. The lowest BCUT2D eigenvalue weighted by Gasteiger charge is -2.08. The fraction of sp³-hybridized carbons (Fsp3) is 0.0667. The van der Waals surface area contributed by atoms with Crippen molar-refractivity contribution < 1.29 is 0 Å². The number of para-hydroxylation sites is 2. The first kappa shape index (κ1) is 13.3. The van der Waals surface area contributed by atoms with Crippen molar-refractivity contribution in [3.63, 3.8) is 0 Å². The van der Waals surface area contributed by atoms with Crippen LogP contribution in [0.1, 0.15) is 5.69 Å². The van der Waals surface area contributed by atoms with Crippen LogP contribution in [-0.2, 0) is 6.54 Å². The van der Waals surface area contributed by atoms with Gasteiger partial charge in [0.05, 0.1) is 29.5 Å². The van der Waals surface area contributed by atoms with Gasteiger partial charge in [-0.05, 0) is 46.3 Å². The van der Waals surface area contributed by atoms with Crippen LogP contribution >= 0.6 is 27.5 Å². The predicted octanol–water partition coefficient (Wildman–Crippen LogP) is 4.66. The fourth-order valence-corrected chi connectivity index (χ4v) is 2.72. The summed E-state index contributed by atoms with van der Waals surface area (Å²) in [5.41, 5.74) is 3.68. The number of aromatic nitrogens is 2. The van der Waals surface area contributed by atoms with Gasteiger partial charge in [0.25, 0.3) is 0 Å². The summed E-state index contributed by atoms with van der Waals surface area (Å²) in [6, 6.07) is 13.5. The normalized spacial score (nSPS) is 10.7. The Balaban J connectivity index is 1.79. The number of hydrogen-bond donors (Lipinski definition) is 1. The van der Waals surface area contributed by atoms with Crippen molar-refractivity contribution in [3.05, 3.63) is 63.9 Å². The first-order chi connectivity index (χ1) is 9.72. The largest absolute Gasteiger partial charge is 0.378 e. The zero-order valence-corrected chi connectivity index (χ0v) is 12.8. The average Bonchev–Trinajstić information content (AvgIpc) is 2.46. The summed E-state index contributed by atoms with van der Waals surface area (Å²) >= 11 is 9.40. The zero-order valence-electron chi connectivity index (χ0n) is 10.5. The number of nitrogens with zero attached hydrogens (tertiary/aromatic N) is 2. The van der Waals surface area contributed by atoms with Gasteiger partial charge in [-0.25, -0.2) is 4.98 Å². The molecule has 0 saturated heterocycles. The molecule has 0 amide bonds. The van der Waals surface area contributed by atoms with Gasteiger partial charge in [0.2, 0.25) is 0 Å². The van der Waals surface area contributed by atoms with Crippen molar-refractivity contribution in [1.82, 2.24) is 9.97 Å². The number of benzene rings is 2. The second-order valence-corrected chi connectivity index (χ2v) is 5.62. The fourth-order valence-electron chi connectivity index (χ4n) is 1.90. The number of rotatable bonds is 3. The molecule has 0 atom stereocenters. The summed E-state index contributed by atoms with van der Waals surface area (Å²) in [4.78, 5) is 8.97. The van der Waals surface area contributed by atoms with Crippen LogP contribution in [0.15, 0.2) is 53.1 Å². The van der Waals surface area contributed by atoms with E-state index in [1.807, 2.05) is 42.5 Å². The van der Waals surface area contributed by atoms with Crippen LogP contribution in [-0.4, -0.2) is 9.97 Å². The van der Waals surface area contributed by atoms with E-state index in [9.17, 15) is 0 Å². The van der Waals surface area contributed by atoms with Crippen molar-refractivity contribution in [2.24, 2.45) is 0 Å². The third-order valence-corrected chi connectivity index (χ3v) is 3.78. The summed E-state index contributed by atoms with van der Waals surface area (Å²) in [7, 11) is 0. The molecule has 0 aliphatic carbocycles. The van der Waals surface area contributed by atoms with E-state index in [4.69, 9.17) is 11.6 Å². The second-order valence-electron chi connectivity index (χ2n) is 4.33. The number of nitrogens with one attached hydrogen (secondary N) is 1. The van der Waals surface area contributed by atoms with Gasteiger partial charge in [0, 0.05) is 15.2 Å². The van der Waals surface area contributed by atoms with E-state index in [-0.39, 0.29) is 0 Å². The molecule has 1 heterocycles. The molecule has 1 aromatic heterocycles. The van der Waals surface area contributed by atoms with Crippen molar-refractivity contribution in [2.45, 2.75) is 6.54 Å². The maximum Gasteiger partial charge on any atom is 0.0890 e. The quantitative estimate of drug-likeness (QED) is 0.748. The minimum Gasteiger partial charge on any atom is -0.378 e. The van der Waals surface area contributed by atoms with Crippen molar-refractivity contribution >= 4 is 44.3 Å². The van der Waals surface area contributed by atoms with Gasteiger partial charge in [-0.15, -0.1) is 0 Å². The number of hydrogen-bond acceptors (Lipinski definition) is 3. The molecule has 1 N–H and O–H groups in total. The highest BCUT2D eigenvalue weighted by atomic mass is 79.9. The van der Waals surface area contributed by atoms with E-state index >= 15 is 0 Å². The summed E-state index contributed by atoms with van der Waals surface area (Å²) in [6.45, 7) is 0.609. The molecule has 3 rings (SSSR count). The summed E-state index contributed by atoms with van der Waals surface area (Å²) in [6.07, 6.45) is 1.79. The second kappa shape index (κ2) is 5.77. The van der Waals surface area contributed by atoms with Gasteiger partial charge >= 0.3 is 0 Å². The SMILES string of the molecule is Clc1ccc(NCc2cnc3ccccc3n2)c(Br)c1. The van der Waals surface area contributed by atoms with Gasteiger partial charge in [-0.2, -0.15) is 0 Å². The van der Waals surface area contributed by atoms with E-state index in [0.717, 1.165) is 26.9 Å². The Kier molecular flexibility index (Phi) is 3.85. The maximum atomic E-state index is 5.92. The van der Waals surface area contributed by atoms with E-state index in [0.29, 0.717) is 11.6 Å². The molecule has 3 nitrogen and oxygen atoms in total. The van der Waals surface area contributed by atoms with E-state index in [1.54, 1.807) is 6.20 Å². The Morgan fingerprint density at radius 3 is 2.70 bits per heavy atom. The topological polar surface area (TPSA) is 37.8 Å². The van der Waals surface area contributed by atoms with E-state index in [1.165, 1.54) is 0 Å². The van der Waals surface area contributed by atoms with Gasteiger partial charge in [-0.3, -0.25) is 4.98 Å². The summed E-state index contributed by atoms with van der Waals surface area (Å²) in [5.74, 6) is 0. The summed E-state index contributed by atoms with van der Waals surface area (Å²) < 4.78 is 0.929. The van der Waals surface area contributed by atoms with Gasteiger partial charge in [0.15, 0.2) is 0 Å². The summed E-state index contributed by atoms with van der Waals surface area (Å²) in [5, 5.41) is 4.01. The Morgan fingerprint density at radius 2 is 1.90 bits per heavy atom. The first-order valence-corrected chi connectivity index (χ1v) is 7.29. The molecule has 0 aliphatic heterocycles. The first-order valence-electron chi connectivity index (χ1n) is 6.12. The van der Waals surface area contributed by atoms with E-state index < -0.39 is 0 Å². The maximum absolute atomic E-state index is 5.92. The molecule has 0 radical (unpaired) electrons. The van der Waals surface area contributed by atoms with Crippen LogP contribution in [0.5, 0.6) is 0 Å². The molecule has 5 heteroatoms. The predicted molar refractivity (Wildman–Crippen MR) is 86.0 cm³/mol. The highest BCUT2D eigenvalue weighted by Crippen LogP contribution is 2.26. The lowest BCUT2D eigenvalue weighted by molar-refractivity contribution is 1.04. The van der Waals surface area contributed by atoms with E-state index in [2.05, 4.69) is 31.2 Å². The molecule has 100 valence electrons. The van der Waals surface area contributed by atoms with Crippen molar-refractivity contribution in [2.75, 3.05) is 5.32 Å². The Bertz CT molecular complexity index is 761. The van der Waals surface area contributed by atoms with Crippen LogP contribution in [0.4, 0.5) is 5.69 Å². The molecule has 20 heavy (non-hydrogen) atoms. The number of halogens is 2. The van der Waals surface area contributed by atoms with Crippen LogP contribution in [0, 0.1) is 0 Å². The standard InChI is InChI=1S/C15H11BrClN3/c16-12-7-10(17)5-6-13(12)18-8-11-9-19-14-3-1-2-4-15(14)20-11/h1-7,9,18H,8H2. The van der Waals surface area contributed by atoms with Crippen LogP contribution in [0.2, 0.25) is 5.02 Å². The average molecular weight is 349 g/mol. The smallest absolute Gasteiger partial charge is 0.0890 e.